The maximum absolute atomic E-state index is 6.62. The number of rotatable bonds is 5. The van der Waals surface area contributed by atoms with Crippen LogP contribution >= 0.6 is 34.8 Å². The number of benzene rings is 1. The predicted molar refractivity (Wildman–Crippen MR) is 92.0 cm³/mol. The number of halogens is 3. The molecule has 1 unspecified atom stereocenters. The highest BCUT2D eigenvalue weighted by molar-refractivity contribution is 6.35. The molecular formula is C17H23Cl3O. The summed E-state index contributed by atoms with van der Waals surface area (Å²) in [5.41, 5.74) is 0.927. The molecule has 21 heavy (non-hydrogen) atoms. The molecule has 1 atom stereocenters. The van der Waals surface area contributed by atoms with Gasteiger partial charge in [-0.05, 0) is 30.9 Å². The van der Waals surface area contributed by atoms with Crippen LogP contribution in [0.2, 0.25) is 10.0 Å². The van der Waals surface area contributed by atoms with E-state index in [1.165, 1.54) is 38.5 Å². The molecule has 4 heteroatoms. The molecule has 0 saturated heterocycles. The molecule has 1 aliphatic carbocycles. The molecule has 0 spiro atoms. The van der Waals surface area contributed by atoms with E-state index in [4.69, 9.17) is 39.5 Å². The standard InChI is InChI=1S/C17H23Cl3O/c1-2-21-17-11-15(19)13(10-16(17)20)14(18)9-12-7-5-3-4-6-8-12/h10-12,14H,2-9H2,1H3. The molecule has 2 rings (SSSR count). The van der Waals surface area contributed by atoms with E-state index < -0.39 is 0 Å². The molecule has 0 radical (unpaired) electrons. The fraction of sp³-hybridized carbons (Fsp3) is 0.647. The van der Waals surface area contributed by atoms with Crippen LogP contribution in [0.15, 0.2) is 12.1 Å². The average molecular weight is 350 g/mol. The van der Waals surface area contributed by atoms with Gasteiger partial charge in [0, 0.05) is 11.1 Å². The minimum atomic E-state index is -0.0752. The zero-order chi connectivity index (χ0) is 15.2. The lowest BCUT2D eigenvalue weighted by atomic mass is 9.92. The highest BCUT2D eigenvalue weighted by atomic mass is 35.5. The van der Waals surface area contributed by atoms with Crippen LogP contribution in [0.3, 0.4) is 0 Å². The Morgan fingerprint density at radius 2 is 1.76 bits per heavy atom. The summed E-state index contributed by atoms with van der Waals surface area (Å²) < 4.78 is 5.46. The highest BCUT2D eigenvalue weighted by Gasteiger charge is 2.21. The summed E-state index contributed by atoms with van der Waals surface area (Å²) in [6.07, 6.45) is 8.92. The molecule has 0 aromatic heterocycles. The molecule has 1 saturated carbocycles. The smallest absolute Gasteiger partial charge is 0.139 e. The van der Waals surface area contributed by atoms with E-state index in [0.29, 0.717) is 28.3 Å². The van der Waals surface area contributed by atoms with Crippen molar-refractivity contribution in [2.75, 3.05) is 6.61 Å². The Bertz CT molecular complexity index is 454. The van der Waals surface area contributed by atoms with E-state index in [2.05, 4.69) is 0 Å². The van der Waals surface area contributed by atoms with E-state index in [1.54, 1.807) is 6.07 Å². The summed E-state index contributed by atoms with van der Waals surface area (Å²) in [6, 6.07) is 3.65. The van der Waals surface area contributed by atoms with Crippen LogP contribution in [0.25, 0.3) is 0 Å². The third-order valence-corrected chi connectivity index (χ3v) is 5.24. The van der Waals surface area contributed by atoms with Gasteiger partial charge in [-0.1, -0.05) is 61.7 Å². The summed E-state index contributed by atoms with van der Waals surface area (Å²) in [4.78, 5) is 0. The third kappa shape index (κ3) is 4.94. The van der Waals surface area contributed by atoms with Gasteiger partial charge in [-0.15, -0.1) is 11.6 Å². The zero-order valence-corrected chi connectivity index (χ0v) is 14.8. The molecule has 0 bridgehead atoms. The number of alkyl halides is 1. The first-order chi connectivity index (χ1) is 10.1. The van der Waals surface area contributed by atoms with Crippen LogP contribution in [-0.2, 0) is 0 Å². The fourth-order valence-electron chi connectivity index (χ4n) is 3.07. The molecule has 1 aromatic rings. The third-order valence-electron chi connectivity index (χ3n) is 4.20. The summed E-state index contributed by atoms with van der Waals surface area (Å²) in [5.74, 6) is 1.34. The molecule has 0 N–H and O–H groups in total. The Hall–Kier alpha value is -0.110. The molecule has 0 aliphatic heterocycles. The summed E-state index contributed by atoms with van der Waals surface area (Å²) in [7, 11) is 0. The first kappa shape index (κ1) is 17.2. The summed E-state index contributed by atoms with van der Waals surface area (Å²) in [6.45, 7) is 2.50. The van der Waals surface area contributed by atoms with Gasteiger partial charge < -0.3 is 4.74 Å². The second kappa shape index (κ2) is 8.50. The average Bonchev–Trinajstić information content (AvgIpc) is 2.71. The SMILES string of the molecule is CCOc1cc(Cl)c(C(Cl)CC2CCCCCC2)cc1Cl. The van der Waals surface area contributed by atoms with Gasteiger partial charge in [-0.25, -0.2) is 0 Å². The van der Waals surface area contributed by atoms with Gasteiger partial charge in [-0.3, -0.25) is 0 Å². The van der Waals surface area contributed by atoms with Crippen LogP contribution in [0.5, 0.6) is 5.75 Å². The van der Waals surface area contributed by atoms with Crippen molar-refractivity contribution in [1.29, 1.82) is 0 Å². The van der Waals surface area contributed by atoms with Gasteiger partial charge in [0.25, 0.3) is 0 Å². The lowest BCUT2D eigenvalue weighted by Gasteiger charge is -2.20. The van der Waals surface area contributed by atoms with Gasteiger partial charge in [0.2, 0.25) is 0 Å². The molecule has 1 nitrogen and oxygen atoms in total. The molecule has 1 aliphatic rings. The van der Waals surface area contributed by atoms with Crippen LogP contribution in [0, 0.1) is 5.92 Å². The van der Waals surface area contributed by atoms with E-state index in [9.17, 15) is 0 Å². The van der Waals surface area contributed by atoms with Crippen molar-refractivity contribution in [1.82, 2.24) is 0 Å². The predicted octanol–water partition coefficient (Wildman–Crippen LogP) is 7.03. The van der Waals surface area contributed by atoms with Crippen LogP contribution in [-0.4, -0.2) is 6.61 Å². The quantitative estimate of drug-likeness (QED) is 0.409. The van der Waals surface area contributed by atoms with Gasteiger partial charge in [0.05, 0.1) is 17.0 Å². The van der Waals surface area contributed by atoms with Gasteiger partial charge in [0.1, 0.15) is 5.75 Å². The minimum Gasteiger partial charge on any atom is -0.492 e. The van der Waals surface area contributed by atoms with Crippen molar-refractivity contribution in [2.45, 2.75) is 57.2 Å². The van der Waals surface area contributed by atoms with E-state index in [1.807, 2.05) is 13.0 Å². The first-order valence-corrected chi connectivity index (χ1v) is 9.06. The van der Waals surface area contributed by atoms with Gasteiger partial charge >= 0.3 is 0 Å². The molecule has 0 heterocycles. The monoisotopic (exact) mass is 348 g/mol. The lowest BCUT2D eigenvalue weighted by molar-refractivity contribution is 0.340. The minimum absolute atomic E-state index is 0.0752. The van der Waals surface area contributed by atoms with Gasteiger partial charge in [-0.2, -0.15) is 0 Å². The topological polar surface area (TPSA) is 9.23 Å². The number of hydrogen-bond acceptors (Lipinski definition) is 1. The molecular weight excluding hydrogens is 327 g/mol. The lowest BCUT2D eigenvalue weighted by Crippen LogP contribution is -2.04. The molecule has 118 valence electrons. The highest BCUT2D eigenvalue weighted by Crippen LogP contribution is 2.40. The largest absolute Gasteiger partial charge is 0.492 e. The number of hydrogen-bond donors (Lipinski definition) is 0. The fourth-order valence-corrected chi connectivity index (χ4v) is 4.07. The zero-order valence-electron chi connectivity index (χ0n) is 12.5. The molecule has 1 fully saturated rings. The van der Waals surface area contributed by atoms with Crippen molar-refractivity contribution in [3.05, 3.63) is 27.7 Å². The van der Waals surface area contributed by atoms with Crippen LogP contribution in [0.4, 0.5) is 0 Å². The van der Waals surface area contributed by atoms with Crippen molar-refractivity contribution >= 4 is 34.8 Å². The summed E-state index contributed by atoms with van der Waals surface area (Å²) >= 11 is 19.2. The molecule has 0 amide bonds. The summed E-state index contributed by atoms with van der Waals surface area (Å²) in [5, 5.41) is 1.16. The first-order valence-electron chi connectivity index (χ1n) is 7.87. The Labute approximate surface area is 142 Å². The second-order valence-electron chi connectivity index (χ2n) is 5.80. The van der Waals surface area contributed by atoms with Gasteiger partial charge in [0.15, 0.2) is 0 Å². The van der Waals surface area contributed by atoms with Crippen molar-refractivity contribution in [3.63, 3.8) is 0 Å². The van der Waals surface area contributed by atoms with Crippen molar-refractivity contribution in [3.8, 4) is 5.75 Å². The van der Waals surface area contributed by atoms with Crippen molar-refractivity contribution < 1.29 is 4.74 Å². The maximum atomic E-state index is 6.62. The number of ether oxygens (including phenoxy) is 1. The Morgan fingerprint density at radius 3 is 2.38 bits per heavy atom. The van der Waals surface area contributed by atoms with Crippen molar-refractivity contribution in [2.24, 2.45) is 5.92 Å². The van der Waals surface area contributed by atoms with E-state index in [0.717, 1.165) is 12.0 Å². The van der Waals surface area contributed by atoms with E-state index >= 15 is 0 Å². The molecule has 1 aromatic carbocycles. The Balaban J connectivity index is 2.07. The Morgan fingerprint density at radius 1 is 1.10 bits per heavy atom. The van der Waals surface area contributed by atoms with Crippen LogP contribution in [0.1, 0.15) is 62.8 Å². The van der Waals surface area contributed by atoms with E-state index in [-0.39, 0.29) is 5.38 Å². The van der Waals surface area contributed by atoms with Crippen LogP contribution < -0.4 is 4.74 Å². The normalized spacial score (nSPS) is 18.3. The maximum Gasteiger partial charge on any atom is 0.139 e. The Kier molecular flexibility index (Phi) is 6.98. The second-order valence-corrected chi connectivity index (χ2v) is 7.14.